The van der Waals surface area contributed by atoms with E-state index in [0.29, 0.717) is 5.56 Å². The fraction of sp³-hybridized carbons (Fsp3) is 0.133. The summed E-state index contributed by atoms with van der Waals surface area (Å²) < 4.78 is 41.0. The van der Waals surface area contributed by atoms with Crippen molar-refractivity contribution in [1.82, 2.24) is 0 Å². The van der Waals surface area contributed by atoms with Crippen LogP contribution in [0.15, 0.2) is 47.4 Å². The molecule has 2 aromatic carbocycles. The highest BCUT2D eigenvalue weighted by Crippen LogP contribution is 2.19. The summed E-state index contributed by atoms with van der Waals surface area (Å²) in [5.41, 5.74) is 0.659. The Morgan fingerprint density at radius 2 is 1.95 bits per heavy atom. The van der Waals surface area contributed by atoms with Gasteiger partial charge in [-0.3, -0.25) is 4.79 Å². The van der Waals surface area contributed by atoms with Gasteiger partial charge in [0.1, 0.15) is 0 Å². The molecule has 116 valence electrons. The summed E-state index contributed by atoms with van der Waals surface area (Å²) in [6, 6.07) is 9.68. The maximum Gasteiger partial charge on any atom is 0.238 e. The second-order valence-electron chi connectivity index (χ2n) is 4.64. The number of nitrogens with two attached hydrogens (primary N) is 1. The predicted molar refractivity (Wildman–Crippen MR) is 78.8 cm³/mol. The molecule has 0 aliphatic heterocycles. The van der Waals surface area contributed by atoms with Crippen LogP contribution in [-0.4, -0.2) is 21.3 Å². The molecule has 2 aromatic rings. The van der Waals surface area contributed by atoms with Crippen LogP contribution in [0.5, 0.6) is 5.75 Å². The molecule has 0 amide bonds. The Hall–Kier alpha value is -2.25. The van der Waals surface area contributed by atoms with Crippen molar-refractivity contribution >= 4 is 15.8 Å². The topological polar surface area (TPSA) is 86.5 Å². The molecule has 0 aliphatic rings. The van der Waals surface area contributed by atoms with Crippen molar-refractivity contribution in [3.63, 3.8) is 0 Å². The Morgan fingerprint density at radius 1 is 1.23 bits per heavy atom. The fourth-order valence-corrected chi connectivity index (χ4v) is 2.54. The van der Waals surface area contributed by atoms with Crippen molar-refractivity contribution in [2.75, 3.05) is 7.11 Å². The third-order valence-corrected chi connectivity index (χ3v) is 3.98. The molecular weight excluding hydrogens is 309 g/mol. The summed E-state index contributed by atoms with van der Waals surface area (Å²) in [4.78, 5) is 12.1. The Bertz CT molecular complexity index is 818. The van der Waals surface area contributed by atoms with Gasteiger partial charge in [-0.15, -0.1) is 0 Å². The van der Waals surface area contributed by atoms with E-state index in [1.807, 2.05) is 0 Å². The Kier molecular flexibility index (Phi) is 4.58. The van der Waals surface area contributed by atoms with Gasteiger partial charge in [0.2, 0.25) is 10.0 Å². The maximum atomic E-state index is 13.6. The Balaban J connectivity index is 2.24. The second-order valence-corrected chi connectivity index (χ2v) is 6.20. The number of rotatable bonds is 5. The number of ketones is 1. The van der Waals surface area contributed by atoms with E-state index in [1.54, 1.807) is 6.07 Å². The normalized spacial score (nSPS) is 11.2. The molecule has 0 radical (unpaired) electrons. The lowest BCUT2D eigenvalue weighted by atomic mass is 10.0. The number of carbonyl (C=O) groups excluding carboxylic acids is 1. The number of ether oxygens (including phenoxy) is 1. The Labute approximate surface area is 127 Å². The average molecular weight is 323 g/mol. The zero-order chi connectivity index (χ0) is 16.3. The van der Waals surface area contributed by atoms with Crippen LogP contribution in [-0.2, 0) is 16.4 Å². The lowest BCUT2D eigenvalue weighted by Gasteiger charge is -2.06. The van der Waals surface area contributed by atoms with Crippen LogP contribution in [0.1, 0.15) is 15.9 Å². The predicted octanol–water partition coefficient (Wildman–Crippen LogP) is 1.91. The van der Waals surface area contributed by atoms with Crippen molar-refractivity contribution in [3.8, 4) is 5.75 Å². The molecule has 0 unspecified atom stereocenters. The van der Waals surface area contributed by atoms with Crippen molar-refractivity contribution in [3.05, 3.63) is 59.4 Å². The van der Waals surface area contributed by atoms with E-state index in [0.717, 1.165) is 6.07 Å². The second kappa shape index (κ2) is 6.25. The largest absolute Gasteiger partial charge is 0.494 e. The number of primary sulfonamides is 1. The van der Waals surface area contributed by atoms with Gasteiger partial charge in [-0.2, -0.15) is 0 Å². The number of hydrogen-bond donors (Lipinski definition) is 1. The molecule has 0 heterocycles. The van der Waals surface area contributed by atoms with Crippen molar-refractivity contribution in [2.24, 2.45) is 5.14 Å². The lowest BCUT2D eigenvalue weighted by molar-refractivity contribution is 0.0992. The van der Waals surface area contributed by atoms with Crippen LogP contribution < -0.4 is 9.88 Å². The SMILES string of the molecule is COc1ccc(C(=O)Cc2cccc(S(N)(=O)=O)c2)cc1F. The van der Waals surface area contributed by atoms with E-state index in [2.05, 4.69) is 0 Å². The van der Waals surface area contributed by atoms with E-state index >= 15 is 0 Å². The molecule has 0 atom stereocenters. The van der Waals surface area contributed by atoms with Crippen LogP contribution in [0.3, 0.4) is 0 Å². The van der Waals surface area contributed by atoms with Crippen LogP contribution in [0.2, 0.25) is 0 Å². The van der Waals surface area contributed by atoms with Gasteiger partial charge < -0.3 is 4.74 Å². The highest BCUT2D eigenvalue weighted by Gasteiger charge is 2.13. The molecule has 0 saturated carbocycles. The first-order valence-corrected chi connectivity index (χ1v) is 7.84. The van der Waals surface area contributed by atoms with Gasteiger partial charge in [-0.05, 0) is 35.9 Å². The molecule has 0 aromatic heterocycles. The van der Waals surface area contributed by atoms with E-state index in [9.17, 15) is 17.6 Å². The van der Waals surface area contributed by atoms with Gasteiger partial charge in [0.15, 0.2) is 17.3 Å². The third-order valence-electron chi connectivity index (χ3n) is 3.07. The van der Waals surface area contributed by atoms with Crippen molar-refractivity contribution < 1.29 is 22.3 Å². The zero-order valence-corrected chi connectivity index (χ0v) is 12.6. The smallest absolute Gasteiger partial charge is 0.238 e. The zero-order valence-electron chi connectivity index (χ0n) is 11.7. The number of halogens is 1. The monoisotopic (exact) mass is 323 g/mol. The summed E-state index contributed by atoms with van der Waals surface area (Å²) in [6.45, 7) is 0. The van der Waals surface area contributed by atoms with Crippen LogP contribution in [0, 0.1) is 5.82 Å². The minimum atomic E-state index is -3.83. The number of carbonyl (C=O) groups is 1. The third kappa shape index (κ3) is 3.69. The van der Waals surface area contributed by atoms with E-state index in [1.165, 1.54) is 37.4 Å². The molecule has 22 heavy (non-hydrogen) atoms. The summed E-state index contributed by atoms with van der Waals surface area (Å²) in [5.74, 6) is -0.924. The van der Waals surface area contributed by atoms with E-state index in [-0.39, 0.29) is 28.4 Å². The van der Waals surface area contributed by atoms with Gasteiger partial charge in [0, 0.05) is 12.0 Å². The average Bonchev–Trinajstić information content (AvgIpc) is 2.46. The van der Waals surface area contributed by atoms with Crippen LogP contribution in [0.4, 0.5) is 4.39 Å². The first-order chi connectivity index (χ1) is 10.3. The molecule has 5 nitrogen and oxygen atoms in total. The minimum absolute atomic E-state index is 0.0489. The summed E-state index contributed by atoms with van der Waals surface area (Å²) in [5, 5.41) is 5.04. The first-order valence-electron chi connectivity index (χ1n) is 6.30. The van der Waals surface area contributed by atoms with Crippen molar-refractivity contribution in [2.45, 2.75) is 11.3 Å². The van der Waals surface area contributed by atoms with Gasteiger partial charge in [-0.25, -0.2) is 17.9 Å². The molecule has 0 bridgehead atoms. The number of Topliss-reactive ketones (excluding diaryl/α,β-unsaturated/α-hetero) is 1. The van der Waals surface area contributed by atoms with Crippen LogP contribution in [0.25, 0.3) is 0 Å². The number of sulfonamides is 1. The van der Waals surface area contributed by atoms with E-state index < -0.39 is 15.8 Å². The van der Waals surface area contributed by atoms with Gasteiger partial charge in [-0.1, -0.05) is 12.1 Å². The molecule has 0 spiro atoms. The number of benzene rings is 2. The molecule has 2 rings (SSSR count). The quantitative estimate of drug-likeness (QED) is 0.852. The van der Waals surface area contributed by atoms with E-state index in [4.69, 9.17) is 9.88 Å². The molecule has 7 heteroatoms. The lowest BCUT2D eigenvalue weighted by Crippen LogP contribution is -2.13. The van der Waals surface area contributed by atoms with Gasteiger partial charge >= 0.3 is 0 Å². The number of methoxy groups -OCH3 is 1. The molecule has 0 saturated heterocycles. The van der Waals surface area contributed by atoms with Gasteiger partial charge in [0.25, 0.3) is 0 Å². The molecule has 0 fully saturated rings. The van der Waals surface area contributed by atoms with Crippen LogP contribution >= 0.6 is 0 Å². The molecule has 2 N–H and O–H groups in total. The molecule has 0 aliphatic carbocycles. The minimum Gasteiger partial charge on any atom is -0.494 e. The Morgan fingerprint density at radius 3 is 2.55 bits per heavy atom. The highest BCUT2D eigenvalue weighted by molar-refractivity contribution is 7.89. The first kappa shape index (κ1) is 16.1. The number of hydrogen-bond acceptors (Lipinski definition) is 4. The van der Waals surface area contributed by atoms with Gasteiger partial charge in [0.05, 0.1) is 12.0 Å². The summed E-state index contributed by atoms with van der Waals surface area (Å²) in [6.07, 6.45) is -0.0604. The fourth-order valence-electron chi connectivity index (χ4n) is 1.96. The highest BCUT2D eigenvalue weighted by atomic mass is 32.2. The van der Waals surface area contributed by atoms with Crippen molar-refractivity contribution in [1.29, 1.82) is 0 Å². The summed E-state index contributed by atoms with van der Waals surface area (Å²) in [7, 11) is -2.50. The maximum absolute atomic E-state index is 13.6. The molecular formula is C15H14FNO4S. The standard InChI is InChI=1S/C15H14FNO4S/c1-21-15-6-5-11(9-13(15)16)14(18)8-10-3-2-4-12(7-10)22(17,19)20/h2-7,9H,8H2,1H3,(H2,17,19,20). The summed E-state index contributed by atoms with van der Waals surface area (Å²) >= 11 is 0.